The Morgan fingerprint density at radius 1 is 1.00 bits per heavy atom. The second kappa shape index (κ2) is 10.7. The van der Waals surface area contributed by atoms with Crippen LogP contribution in [0.5, 0.6) is 11.5 Å². The third-order valence-corrected chi connectivity index (χ3v) is 5.08. The van der Waals surface area contributed by atoms with Gasteiger partial charge in [0.2, 0.25) is 5.91 Å². The van der Waals surface area contributed by atoms with Gasteiger partial charge in [-0.05, 0) is 49.8 Å². The molecule has 0 spiro atoms. The zero-order valence-electron chi connectivity index (χ0n) is 18.1. The summed E-state index contributed by atoms with van der Waals surface area (Å²) in [6, 6.07) is 11.9. The summed E-state index contributed by atoms with van der Waals surface area (Å²) in [4.78, 5) is 28.6. The first-order valence-corrected chi connectivity index (χ1v) is 10.4. The van der Waals surface area contributed by atoms with Crippen molar-refractivity contribution in [1.29, 1.82) is 0 Å². The lowest BCUT2D eigenvalue weighted by atomic mass is 10.1. The van der Waals surface area contributed by atoms with Crippen LogP contribution in [0.4, 0.5) is 8.78 Å². The molecule has 1 saturated heterocycles. The molecule has 1 aliphatic rings. The van der Waals surface area contributed by atoms with E-state index in [0.717, 1.165) is 5.56 Å². The van der Waals surface area contributed by atoms with Crippen molar-refractivity contribution >= 4 is 17.9 Å². The summed E-state index contributed by atoms with van der Waals surface area (Å²) in [5.41, 5.74) is 2.35. The molecule has 1 fully saturated rings. The summed E-state index contributed by atoms with van der Waals surface area (Å²) in [5.74, 6) is -0.0918. The number of piperazine rings is 1. The van der Waals surface area contributed by atoms with Crippen molar-refractivity contribution in [3.8, 4) is 11.5 Å². The van der Waals surface area contributed by atoms with Gasteiger partial charge >= 0.3 is 6.61 Å². The summed E-state index contributed by atoms with van der Waals surface area (Å²) in [6.07, 6.45) is 3.02. The maximum atomic E-state index is 12.6. The van der Waals surface area contributed by atoms with Crippen LogP contribution >= 0.6 is 0 Å². The van der Waals surface area contributed by atoms with Gasteiger partial charge in [-0.25, -0.2) is 0 Å². The largest absolute Gasteiger partial charge is 0.490 e. The maximum absolute atomic E-state index is 12.6. The van der Waals surface area contributed by atoms with E-state index >= 15 is 0 Å². The fourth-order valence-electron chi connectivity index (χ4n) is 3.37. The van der Waals surface area contributed by atoms with Gasteiger partial charge in [-0.3, -0.25) is 9.59 Å². The predicted octanol–water partition coefficient (Wildman–Crippen LogP) is 3.99. The van der Waals surface area contributed by atoms with Crippen LogP contribution in [0.2, 0.25) is 0 Å². The van der Waals surface area contributed by atoms with Crippen molar-refractivity contribution in [2.24, 2.45) is 0 Å². The Labute approximate surface area is 186 Å². The lowest BCUT2D eigenvalue weighted by Gasteiger charge is -2.34. The van der Waals surface area contributed by atoms with Crippen molar-refractivity contribution in [3.05, 3.63) is 65.2 Å². The number of carbonyl (C=O) groups excluding carboxylic acids is 2. The number of alkyl halides is 2. The molecule has 6 nitrogen and oxygen atoms in total. The van der Waals surface area contributed by atoms with E-state index in [1.807, 2.05) is 31.2 Å². The highest BCUT2D eigenvalue weighted by Crippen LogP contribution is 2.30. The van der Waals surface area contributed by atoms with Gasteiger partial charge in [-0.2, -0.15) is 8.78 Å². The Hall–Kier alpha value is -3.42. The van der Waals surface area contributed by atoms with E-state index in [0.29, 0.717) is 37.3 Å². The number of ether oxygens (including phenoxy) is 2. The molecular weight excluding hydrogens is 418 g/mol. The fraction of sp³-hybridized carbons (Fsp3) is 0.333. The van der Waals surface area contributed by atoms with E-state index in [2.05, 4.69) is 4.74 Å². The van der Waals surface area contributed by atoms with E-state index in [9.17, 15) is 18.4 Å². The smallest absolute Gasteiger partial charge is 0.387 e. The quantitative estimate of drug-likeness (QED) is 0.606. The van der Waals surface area contributed by atoms with Gasteiger partial charge in [0, 0.05) is 37.8 Å². The topological polar surface area (TPSA) is 59.1 Å². The molecule has 32 heavy (non-hydrogen) atoms. The van der Waals surface area contributed by atoms with Crippen molar-refractivity contribution in [2.75, 3.05) is 32.8 Å². The standard InChI is InChI=1S/C24H26F2N2O4/c1-3-31-21-16-18(6-10-20(21)32-24(25)26)7-11-22(29)27-12-14-28(15-13-27)23(30)19-8-4-17(2)5-9-19/h4-11,16,24H,3,12-15H2,1-2H3/b11-7+. The van der Waals surface area contributed by atoms with E-state index in [1.165, 1.54) is 12.1 Å². The Balaban J connectivity index is 1.58. The van der Waals surface area contributed by atoms with Gasteiger partial charge in [0.15, 0.2) is 11.5 Å². The molecule has 2 aromatic carbocycles. The number of hydrogen-bond donors (Lipinski definition) is 0. The minimum absolute atomic E-state index is 0.0396. The Bertz CT molecular complexity index is 968. The molecule has 8 heteroatoms. The number of benzene rings is 2. The third kappa shape index (κ3) is 6.06. The Morgan fingerprint density at radius 3 is 2.28 bits per heavy atom. The number of nitrogens with zero attached hydrogens (tertiary/aromatic N) is 2. The SMILES string of the molecule is CCOc1cc(/C=C/C(=O)N2CCN(C(=O)c3ccc(C)cc3)CC2)ccc1OC(F)F. The van der Waals surface area contributed by atoms with E-state index in [4.69, 9.17) is 4.74 Å². The molecule has 170 valence electrons. The number of carbonyl (C=O) groups is 2. The minimum atomic E-state index is -2.95. The molecule has 2 amide bonds. The van der Waals surface area contributed by atoms with Crippen LogP contribution in [0, 0.1) is 6.92 Å². The number of rotatable bonds is 7. The van der Waals surface area contributed by atoms with E-state index < -0.39 is 6.61 Å². The third-order valence-electron chi connectivity index (χ3n) is 5.08. The lowest BCUT2D eigenvalue weighted by Crippen LogP contribution is -2.50. The Kier molecular flexibility index (Phi) is 7.81. The molecule has 0 bridgehead atoms. The van der Waals surface area contributed by atoms with Gasteiger partial charge in [-0.15, -0.1) is 0 Å². The van der Waals surface area contributed by atoms with Crippen molar-refractivity contribution in [2.45, 2.75) is 20.5 Å². The number of amides is 2. The van der Waals surface area contributed by atoms with Crippen molar-refractivity contribution < 1.29 is 27.8 Å². The normalized spacial score (nSPS) is 14.2. The van der Waals surface area contributed by atoms with Gasteiger partial charge in [-0.1, -0.05) is 23.8 Å². The van der Waals surface area contributed by atoms with Gasteiger partial charge < -0.3 is 19.3 Å². The average Bonchev–Trinajstić information content (AvgIpc) is 2.79. The molecule has 0 aliphatic carbocycles. The summed E-state index contributed by atoms with van der Waals surface area (Å²) < 4.78 is 34.9. The zero-order chi connectivity index (χ0) is 23.1. The second-order valence-corrected chi connectivity index (χ2v) is 7.33. The second-order valence-electron chi connectivity index (χ2n) is 7.33. The van der Waals surface area contributed by atoms with Crippen LogP contribution in [0.3, 0.4) is 0 Å². The Morgan fingerprint density at radius 2 is 1.66 bits per heavy atom. The monoisotopic (exact) mass is 444 g/mol. The molecule has 2 aromatic rings. The van der Waals surface area contributed by atoms with Crippen LogP contribution in [0.25, 0.3) is 6.08 Å². The van der Waals surface area contributed by atoms with Crippen molar-refractivity contribution in [1.82, 2.24) is 9.80 Å². The van der Waals surface area contributed by atoms with Crippen LogP contribution in [-0.4, -0.2) is 61.0 Å². The van der Waals surface area contributed by atoms with Gasteiger partial charge in [0.1, 0.15) is 0 Å². The summed E-state index contributed by atoms with van der Waals surface area (Å²) in [6.45, 7) is 2.83. The van der Waals surface area contributed by atoms with E-state index in [-0.39, 0.29) is 29.9 Å². The fourth-order valence-corrected chi connectivity index (χ4v) is 3.37. The summed E-state index contributed by atoms with van der Waals surface area (Å²) in [7, 11) is 0. The highest BCUT2D eigenvalue weighted by atomic mass is 19.3. The molecule has 0 atom stereocenters. The van der Waals surface area contributed by atoms with Crippen LogP contribution in [0.1, 0.15) is 28.4 Å². The first-order chi connectivity index (χ1) is 15.4. The highest BCUT2D eigenvalue weighted by Gasteiger charge is 2.23. The lowest BCUT2D eigenvalue weighted by molar-refractivity contribution is -0.127. The number of hydrogen-bond acceptors (Lipinski definition) is 4. The van der Waals surface area contributed by atoms with Gasteiger partial charge in [0.05, 0.1) is 6.61 Å². The molecular formula is C24H26F2N2O4. The molecule has 0 saturated carbocycles. The molecule has 3 rings (SSSR count). The predicted molar refractivity (Wildman–Crippen MR) is 117 cm³/mol. The first-order valence-electron chi connectivity index (χ1n) is 10.4. The molecule has 1 aliphatic heterocycles. The average molecular weight is 444 g/mol. The van der Waals surface area contributed by atoms with Crippen molar-refractivity contribution in [3.63, 3.8) is 0 Å². The molecule has 0 N–H and O–H groups in total. The number of halogens is 2. The summed E-state index contributed by atoms with van der Waals surface area (Å²) in [5, 5.41) is 0. The first kappa shape index (κ1) is 23.2. The molecule has 0 radical (unpaired) electrons. The summed E-state index contributed by atoms with van der Waals surface area (Å²) >= 11 is 0. The zero-order valence-corrected chi connectivity index (χ0v) is 18.1. The number of aryl methyl sites for hydroxylation is 1. The van der Waals surface area contributed by atoms with Crippen LogP contribution < -0.4 is 9.47 Å². The van der Waals surface area contributed by atoms with Gasteiger partial charge in [0.25, 0.3) is 5.91 Å². The minimum Gasteiger partial charge on any atom is -0.490 e. The maximum Gasteiger partial charge on any atom is 0.387 e. The van der Waals surface area contributed by atoms with Crippen LogP contribution in [-0.2, 0) is 4.79 Å². The molecule has 0 aromatic heterocycles. The molecule has 1 heterocycles. The van der Waals surface area contributed by atoms with E-state index in [1.54, 1.807) is 34.9 Å². The van der Waals surface area contributed by atoms with Crippen LogP contribution in [0.15, 0.2) is 48.5 Å². The highest BCUT2D eigenvalue weighted by molar-refractivity contribution is 5.95. The molecule has 0 unspecified atom stereocenters.